The monoisotopic (exact) mass is 335 g/mol. The van der Waals surface area contributed by atoms with Crippen molar-refractivity contribution in [1.82, 2.24) is 15.0 Å². The number of hydrogen-bond donors (Lipinski definition) is 0. The van der Waals surface area contributed by atoms with Gasteiger partial charge in [0.1, 0.15) is 0 Å². The van der Waals surface area contributed by atoms with Gasteiger partial charge in [0, 0.05) is 32.5 Å². The number of aryl methyl sites for hydroxylation is 2. The van der Waals surface area contributed by atoms with Gasteiger partial charge >= 0.3 is 0 Å². The van der Waals surface area contributed by atoms with Gasteiger partial charge in [-0.05, 0) is 30.2 Å². The fraction of sp³-hybridized carbons (Fsp3) is 0.250. The number of amides is 1. The molecule has 5 heteroatoms. The highest BCUT2D eigenvalue weighted by atomic mass is 16.5. The van der Waals surface area contributed by atoms with E-state index in [1.165, 1.54) is 5.56 Å². The summed E-state index contributed by atoms with van der Waals surface area (Å²) in [4.78, 5) is 18.5. The molecule has 3 aromatic rings. The fourth-order valence-electron chi connectivity index (χ4n) is 2.69. The first kappa shape index (κ1) is 16.9. The fourth-order valence-corrected chi connectivity index (χ4v) is 2.69. The second-order valence-electron chi connectivity index (χ2n) is 6.16. The maximum Gasteiger partial charge on any atom is 0.253 e. The zero-order valence-electron chi connectivity index (χ0n) is 14.7. The van der Waals surface area contributed by atoms with Crippen LogP contribution in [0, 0.1) is 13.8 Å². The largest absolute Gasteiger partial charge is 0.341 e. The highest BCUT2D eigenvalue weighted by Gasteiger charge is 2.14. The molecule has 0 radical (unpaired) electrons. The van der Waals surface area contributed by atoms with E-state index in [1.54, 1.807) is 18.9 Å². The number of aromatic nitrogens is 2. The molecule has 0 bridgehead atoms. The van der Waals surface area contributed by atoms with Crippen LogP contribution in [0.1, 0.15) is 27.6 Å². The normalized spacial score (nSPS) is 10.7. The first-order valence-corrected chi connectivity index (χ1v) is 8.24. The van der Waals surface area contributed by atoms with E-state index in [0.717, 1.165) is 11.1 Å². The molecule has 0 fully saturated rings. The summed E-state index contributed by atoms with van der Waals surface area (Å²) in [6.45, 7) is 4.35. The van der Waals surface area contributed by atoms with Crippen molar-refractivity contribution in [3.8, 4) is 11.1 Å². The van der Waals surface area contributed by atoms with E-state index in [9.17, 15) is 4.79 Å². The molecule has 0 unspecified atom stereocenters. The Bertz CT molecular complexity index is 886. The SMILES string of the molecule is Cc1cccc(-c2cccc(C(=O)N(C)CCc3noc(C)n3)c2)c1. The third kappa shape index (κ3) is 4.12. The Morgan fingerprint density at radius 2 is 1.80 bits per heavy atom. The molecule has 3 rings (SSSR count). The van der Waals surface area contributed by atoms with Gasteiger partial charge in [-0.15, -0.1) is 0 Å². The minimum atomic E-state index is -0.0188. The molecule has 0 aliphatic rings. The summed E-state index contributed by atoms with van der Waals surface area (Å²) in [6.07, 6.45) is 0.567. The van der Waals surface area contributed by atoms with Crippen molar-refractivity contribution in [3.63, 3.8) is 0 Å². The first-order valence-electron chi connectivity index (χ1n) is 8.24. The van der Waals surface area contributed by atoms with Gasteiger partial charge in [0.2, 0.25) is 5.89 Å². The third-order valence-electron chi connectivity index (χ3n) is 4.05. The van der Waals surface area contributed by atoms with Gasteiger partial charge in [0.15, 0.2) is 5.82 Å². The minimum Gasteiger partial charge on any atom is -0.341 e. The van der Waals surface area contributed by atoms with Gasteiger partial charge in [0.25, 0.3) is 5.91 Å². The number of benzene rings is 2. The molecule has 1 aromatic heterocycles. The number of hydrogen-bond acceptors (Lipinski definition) is 4. The van der Waals surface area contributed by atoms with Gasteiger partial charge in [-0.3, -0.25) is 4.79 Å². The molecule has 1 amide bonds. The number of carbonyl (C=O) groups is 1. The zero-order chi connectivity index (χ0) is 17.8. The van der Waals surface area contributed by atoms with Crippen LogP contribution >= 0.6 is 0 Å². The molecule has 0 N–H and O–H groups in total. The second kappa shape index (κ2) is 7.30. The smallest absolute Gasteiger partial charge is 0.253 e. The topological polar surface area (TPSA) is 59.2 Å². The van der Waals surface area contributed by atoms with Crippen molar-refractivity contribution in [3.05, 3.63) is 71.4 Å². The Hall–Kier alpha value is -2.95. The number of rotatable bonds is 5. The van der Waals surface area contributed by atoms with Crippen LogP contribution < -0.4 is 0 Å². The summed E-state index contributed by atoms with van der Waals surface area (Å²) < 4.78 is 4.95. The van der Waals surface area contributed by atoms with Crippen LogP contribution in [-0.2, 0) is 6.42 Å². The number of likely N-dealkylation sites (N-methyl/N-ethyl adjacent to an activating group) is 1. The van der Waals surface area contributed by atoms with Crippen LogP contribution in [0.2, 0.25) is 0 Å². The summed E-state index contributed by atoms with van der Waals surface area (Å²) in [5.41, 5.74) is 4.02. The van der Waals surface area contributed by atoms with Crippen molar-refractivity contribution >= 4 is 5.91 Å². The van der Waals surface area contributed by atoms with Crippen LogP contribution in [0.3, 0.4) is 0 Å². The minimum absolute atomic E-state index is 0.0188. The Morgan fingerprint density at radius 3 is 2.48 bits per heavy atom. The quantitative estimate of drug-likeness (QED) is 0.714. The Balaban J connectivity index is 1.72. The van der Waals surface area contributed by atoms with Crippen molar-refractivity contribution in [1.29, 1.82) is 0 Å². The van der Waals surface area contributed by atoms with E-state index in [4.69, 9.17) is 4.52 Å². The highest BCUT2D eigenvalue weighted by molar-refractivity contribution is 5.95. The molecule has 1 heterocycles. The van der Waals surface area contributed by atoms with Gasteiger partial charge in [-0.25, -0.2) is 0 Å². The van der Waals surface area contributed by atoms with Crippen molar-refractivity contribution in [2.24, 2.45) is 0 Å². The standard InChI is InChI=1S/C20H21N3O2/c1-14-6-4-7-16(12-14)17-8-5-9-18(13-17)20(24)23(3)11-10-19-21-15(2)25-22-19/h4-9,12-13H,10-11H2,1-3H3. The van der Waals surface area contributed by atoms with Crippen LogP contribution in [0.5, 0.6) is 0 Å². The summed E-state index contributed by atoms with van der Waals surface area (Å²) in [6, 6.07) is 16.0. The number of carbonyl (C=O) groups excluding carboxylic acids is 1. The molecule has 0 saturated heterocycles. The molecule has 0 saturated carbocycles. The molecular weight excluding hydrogens is 314 g/mol. The van der Waals surface area contributed by atoms with Gasteiger partial charge in [-0.2, -0.15) is 4.98 Å². The van der Waals surface area contributed by atoms with E-state index < -0.39 is 0 Å². The van der Waals surface area contributed by atoms with Crippen molar-refractivity contribution in [2.45, 2.75) is 20.3 Å². The molecule has 0 aliphatic heterocycles. The van der Waals surface area contributed by atoms with Gasteiger partial charge in [-0.1, -0.05) is 47.1 Å². The molecule has 128 valence electrons. The maximum absolute atomic E-state index is 12.7. The molecule has 0 aliphatic carbocycles. The lowest BCUT2D eigenvalue weighted by atomic mass is 10.0. The molecule has 5 nitrogen and oxygen atoms in total. The van der Waals surface area contributed by atoms with Crippen LogP contribution in [-0.4, -0.2) is 34.5 Å². The molecule has 0 atom stereocenters. The zero-order valence-corrected chi connectivity index (χ0v) is 14.7. The predicted molar refractivity (Wildman–Crippen MR) is 96.3 cm³/mol. The van der Waals surface area contributed by atoms with Crippen molar-refractivity contribution in [2.75, 3.05) is 13.6 Å². The molecule has 2 aromatic carbocycles. The van der Waals surface area contributed by atoms with E-state index >= 15 is 0 Å². The summed E-state index contributed by atoms with van der Waals surface area (Å²) in [7, 11) is 1.79. The predicted octanol–water partition coefficient (Wildman–Crippen LogP) is 3.67. The van der Waals surface area contributed by atoms with Crippen LogP contribution in [0.15, 0.2) is 53.1 Å². The van der Waals surface area contributed by atoms with E-state index in [2.05, 4.69) is 35.3 Å². The lowest BCUT2D eigenvalue weighted by Gasteiger charge is -2.16. The third-order valence-corrected chi connectivity index (χ3v) is 4.05. The van der Waals surface area contributed by atoms with Crippen LogP contribution in [0.4, 0.5) is 0 Å². The molecule has 0 spiro atoms. The molecular formula is C20H21N3O2. The van der Waals surface area contributed by atoms with Gasteiger partial charge < -0.3 is 9.42 Å². The number of nitrogens with zero attached hydrogens (tertiary/aromatic N) is 3. The highest BCUT2D eigenvalue weighted by Crippen LogP contribution is 2.22. The van der Waals surface area contributed by atoms with Gasteiger partial charge in [0.05, 0.1) is 0 Å². The average molecular weight is 335 g/mol. The van der Waals surface area contributed by atoms with E-state index in [1.807, 2.05) is 30.3 Å². The summed E-state index contributed by atoms with van der Waals surface area (Å²) >= 11 is 0. The second-order valence-corrected chi connectivity index (χ2v) is 6.16. The summed E-state index contributed by atoms with van der Waals surface area (Å²) in [5.74, 6) is 1.13. The lowest BCUT2D eigenvalue weighted by molar-refractivity contribution is 0.0796. The maximum atomic E-state index is 12.7. The summed E-state index contributed by atoms with van der Waals surface area (Å²) in [5, 5.41) is 3.86. The van der Waals surface area contributed by atoms with E-state index in [0.29, 0.717) is 30.2 Å². The van der Waals surface area contributed by atoms with Crippen LogP contribution in [0.25, 0.3) is 11.1 Å². The Labute approximate surface area is 147 Å². The van der Waals surface area contributed by atoms with Crippen molar-refractivity contribution < 1.29 is 9.32 Å². The molecule has 25 heavy (non-hydrogen) atoms. The van der Waals surface area contributed by atoms with E-state index in [-0.39, 0.29) is 5.91 Å². The Morgan fingerprint density at radius 1 is 1.08 bits per heavy atom. The first-order chi connectivity index (χ1) is 12.0. The lowest BCUT2D eigenvalue weighted by Crippen LogP contribution is -2.29. The average Bonchev–Trinajstić information content (AvgIpc) is 3.04. The Kier molecular flexibility index (Phi) is 4.93.